The molecule has 1 aliphatic carbocycles. The van der Waals surface area contributed by atoms with Crippen molar-refractivity contribution in [2.24, 2.45) is 0 Å². The number of ether oxygens (including phenoxy) is 1. The average molecular weight is 380 g/mol. The predicted octanol–water partition coefficient (Wildman–Crippen LogP) is 2.46. The number of aromatic nitrogens is 3. The van der Waals surface area contributed by atoms with E-state index < -0.39 is 0 Å². The van der Waals surface area contributed by atoms with Gasteiger partial charge in [0.15, 0.2) is 0 Å². The van der Waals surface area contributed by atoms with Gasteiger partial charge >= 0.3 is 0 Å². The summed E-state index contributed by atoms with van der Waals surface area (Å²) in [5.41, 5.74) is 1.72. The molecule has 1 amide bonds. The maximum atomic E-state index is 13.0. The summed E-state index contributed by atoms with van der Waals surface area (Å²) >= 11 is 0. The van der Waals surface area contributed by atoms with Gasteiger partial charge in [0.25, 0.3) is 11.5 Å². The van der Waals surface area contributed by atoms with Gasteiger partial charge < -0.3 is 14.6 Å². The number of nitrogens with one attached hydrogen (secondary N) is 1. The number of methoxy groups -OCH3 is 1. The first-order valence-corrected chi connectivity index (χ1v) is 9.65. The van der Waals surface area contributed by atoms with Gasteiger partial charge in [-0.3, -0.25) is 9.59 Å². The molecule has 1 saturated carbocycles. The number of nitrogens with zero attached hydrogens (tertiary/aromatic N) is 3. The van der Waals surface area contributed by atoms with Crippen molar-refractivity contribution in [2.75, 3.05) is 13.7 Å². The van der Waals surface area contributed by atoms with Crippen LogP contribution in [-0.2, 0) is 11.3 Å². The zero-order valence-corrected chi connectivity index (χ0v) is 15.9. The Bertz CT molecular complexity index is 987. The van der Waals surface area contributed by atoms with Crippen molar-refractivity contribution < 1.29 is 9.53 Å². The van der Waals surface area contributed by atoms with Crippen LogP contribution >= 0.6 is 0 Å². The van der Waals surface area contributed by atoms with Gasteiger partial charge in [-0.05, 0) is 25.0 Å². The van der Waals surface area contributed by atoms with Crippen LogP contribution < -0.4 is 10.9 Å². The molecule has 1 aromatic carbocycles. The van der Waals surface area contributed by atoms with Gasteiger partial charge in [-0.1, -0.05) is 31.0 Å². The SMILES string of the molecule is COCCn1cc(C(=O)NC2CCCC2)c2nn(-c3ccccc3)c(=O)c-2c1. The molecule has 7 heteroatoms. The third-order valence-corrected chi connectivity index (χ3v) is 5.21. The number of pyridine rings is 1. The molecular weight excluding hydrogens is 356 g/mol. The van der Waals surface area contributed by atoms with Crippen molar-refractivity contribution in [3.8, 4) is 16.9 Å². The number of para-hydroxylation sites is 1. The van der Waals surface area contributed by atoms with Gasteiger partial charge in [0.2, 0.25) is 0 Å². The van der Waals surface area contributed by atoms with E-state index in [-0.39, 0.29) is 17.5 Å². The van der Waals surface area contributed by atoms with Gasteiger partial charge in [-0.25, -0.2) is 0 Å². The quantitative estimate of drug-likeness (QED) is 0.713. The molecule has 1 fully saturated rings. The lowest BCUT2D eigenvalue weighted by Crippen LogP contribution is -2.33. The van der Waals surface area contributed by atoms with Crippen LogP contribution in [0.1, 0.15) is 36.0 Å². The summed E-state index contributed by atoms with van der Waals surface area (Å²) in [6.45, 7) is 1.03. The van der Waals surface area contributed by atoms with Gasteiger partial charge in [0, 0.05) is 32.1 Å². The lowest BCUT2D eigenvalue weighted by molar-refractivity contribution is 0.0937. The average Bonchev–Trinajstić information content (AvgIpc) is 3.34. The fourth-order valence-electron chi connectivity index (χ4n) is 3.73. The highest BCUT2D eigenvalue weighted by molar-refractivity contribution is 6.00. The number of carbonyl (C=O) groups excluding carboxylic acids is 1. The minimum atomic E-state index is -0.233. The van der Waals surface area contributed by atoms with Crippen LogP contribution in [0.4, 0.5) is 0 Å². The Balaban J connectivity index is 1.79. The molecule has 0 unspecified atom stereocenters. The Labute approximate surface area is 163 Å². The molecule has 0 saturated heterocycles. The molecule has 7 nitrogen and oxygen atoms in total. The van der Waals surface area contributed by atoms with Crippen LogP contribution in [0, 0.1) is 0 Å². The van der Waals surface area contributed by atoms with Gasteiger partial charge in [-0.15, -0.1) is 0 Å². The molecule has 0 atom stereocenters. The first kappa shape index (κ1) is 18.4. The van der Waals surface area contributed by atoms with Crippen molar-refractivity contribution in [1.82, 2.24) is 19.7 Å². The summed E-state index contributed by atoms with van der Waals surface area (Å²) in [6.07, 6.45) is 7.77. The van der Waals surface area contributed by atoms with E-state index in [0.717, 1.165) is 25.7 Å². The van der Waals surface area contributed by atoms with Crippen LogP contribution in [0.25, 0.3) is 16.9 Å². The van der Waals surface area contributed by atoms with Crippen molar-refractivity contribution in [2.45, 2.75) is 38.3 Å². The second-order valence-electron chi connectivity index (χ2n) is 7.17. The molecule has 0 spiro atoms. The highest BCUT2D eigenvalue weighted by Crippen LogP contribution is 2.24. The van der Waals surface area contributed by atoms with Crippen molar-refractivity contribution in [1.29, 1.82) is 0 Å². The monoisotopic (exact) mass is 380 g/mol. The van der Waals surface area contributed by atoms with Crippen LogP contribution in [0.2, 0.25) is 0 Å². The number of rotatable bonds is 6. The largest absolute Gasteiger partial charge is 0.383 e. The van der Waals surface area contributed by atoms with Gasteiger partial charge in [0.1, 0.15) is 5.69 Å². The summed E-state index contributed by atoms with van der Waals surface area (Å²) < 4.78 is 8.34. The topological polar surface area (TPSA) is 78.2 Å². The van der Waals surface area contributed by atoms with E-state index in [9.17, 15) is 9.59 Å². The Hall–Kier alpha value is -2.93. The molecule has 146 valence electrons. The Kier molecular flexibility index (Phi) is 5.25. The van der Waals surface area contributed by atoms with Crippen molar-refractivity contribution in [3.63, 3.8) is 0 Å². The molecule has 0 aromatic heterocycles. The standard InChI is InChI=1S/C21H24N4O3/c1-28-12-11-24-13-17(20(26)22-15-7-5-6-8-15)19-18(14-24)21(27)25(23-19)16-9-3-2-4-10-16/h2-4,9-10,13-15H,5-8,11-12H2,1H3,(H,22,26). The first-order valence-electron chi connectivity index (χ1n) is 9.65. The van der Waals surface area contributed by atoms with Crippen LogP contribution in [0.15, 0.2) is 47.5 Å². The summed E-state index contributed by atoms with van der Waals surface area (Å²) in [4.78, 5) is 26.0. The number of benzene rings is 1. The highest BCUT2D eigenvalue weighted by atomic mass is 16.5. The third-order valence-electron chi connectivity index (χ3n) is 5.21. The van der Waals surface area contributed by atoms with Crippen molar-refractivity contribution >= 4 is 5.91 Å². The lowest BCUT2D eigenvalue weighted by Gasteiger charge is -2.15. The molecular formula is C21H24N4O3. The zero-order valence-electron chi connectivity index (χ0n) is 15.9. The van der Waals surface area contributed by atoms with E-state index >= 15 is 0 Å². The minimum absolute atomic E-state index is 0.179. The lowest BCUT2D eigenvalue weighted by atomic mass is 10.1. The van der Waals surface area contributed by atoms with Crippen molar-refractivity contribution in [3.05, 3.63) is 58.6 Å². The van der Waals surface area contributed by atoms with E-state index in [0.29, 0.717) is 35.7 Å². The number of hydrogen-bond acceptors (Lipinski definition) is 4. The number of fused-ring (bicyclic) bond motifs is 1. The maximum Gasteiger partial charge on any atom is 0.282 e. The Morgan fingerprint density at radius 1 is 1.21 bits per heavy atom. The summed E-state index contributed by atoms with van der Waals surface area (Å²) in [5, 5.41) is 7.60. The molecule has 2 aliphatic heterocycles. The Morgan fingerprint density at radius 3 is 2.68 bits per heavy atom. The molecule has 0 radical (unpaired) electrons. The second-order valence-corrected chi connectivity index (χ2v) is 7.17. The fourth-order valence-corrected chi connectivity index (χ4v) is 3.73. The van der Waals surface area contributed by atoms with E-state index in [2.05, 4.69) is 10.4 Å². The molecule has 1 aromatic rings. The smallest absolute Gasteiger partial charge is 0.282 e. The van der Waals surface area contributed by atoms with Crippen LogP contribution in [0.3, 0.4) is 0 Å². The normalized spacial score (nSPS) is 14.6. The molecule has 28 heavy (non-hydrogen) atoms. The van der Waals surface area contributed by atoms with Gasteiger partial charge in [0.05, 0.1) is 23.4 Å². The van der Waals surface area contributed by atoms with E-state index in [1.807, 2.05) is 34.9 Å². The summed E-state index contributed by atoms with van der Waals surface area (Å²) in [5.74, 6) is -0.179. The summed E-state index contributed by atoms with van der Waals surface area (Å²) in [7, 11) is 1.62. The molecule has 4 rings (SSSR count). The zero-order chi connectivity index (χ0) is 19.5. The van der Waals surface area contributed by atoms with Crippen LogP contribution in [-0.4, -0.2) is 40.0 Å². The first-order chi connectivity index (χ1) is 13.7. The third kappa shape index (κ3) is 3.57. The predicted molar refractivity (Wildman–Crippen MR) is 106 cm³/mol. The molecule has 2 heterocycles. The number of amides is 1. The minimum Gasteiger partial charge on any atom is -0.383 e. The summed E-state index contributed by atoms with van der Waals surface area (Å²) in [6, 6.07) is 9.44. The number of hydrogen-bond donors (Lipinski definition) is 1. The molecule has 3 aliphatic rings. The van der Waals surface area contributed by atoms with Crippen LogP contribution in [0.5, 0.6) is 0 Å². The Morgan fingerprint density at radius 2 is 1.96 bits per heavy atom. The molecule has 1 N–H and O–H groups in total. The maximum absolute atomic E-state index is 13.0. The van der Waals surface area contributed by atoms with E-state index in [1.165, 1.54) is 4.68 Å². The van der Waals surface area contributed by atoms with E-state index in [4.69, 9.17) is 4.74 Å². The number of carbonyl (C=O) groups is 1. The fraction of sp³-hybridized carbons (Fsp3) is 0.381. The highest BCUT2D eigenvalue weighted by Gasteiger charge is 2.26. The second kappa shape index (κ2) is 7.98. The molecule has 0 bridgehead atoms. The van der Waals surface area contributed by atoms with E-state index in [1.54, 1.807) is 19.5 Å². The van der Waals surface area contributed by atoms with Gasteiger partial charge in [-0.2, -0.15) is 9.78 Å².